The van der Waals surface area contributed by atoms with Gasteiger partial charge in [0.1, 0.15) is 5.82 Å². The van der Waals surface area contributed by atoms with Crippen LogP contribution in [0.1, 0.15) is 5.56 Å². The van der Waals surface area contributed by atoms with Crippen LogP contribution < -0.4 is 9.47 Å². The van der Waals surface area contributed by atoms with E-state index in [4.69, 9.17) is 21.7 Å². The van der Waals surface area contributed by atoms with Crippen molar-refractivity contribution in [1.29, 1.82) is 0 Å². The molecule has 128 valence electrons. The van der Waals surface area contributed by atoms with Crippen molar-refractivity contribution < 1.29 is 13.9 Å². The van der Waals surface area contributed by atoms with E-state index in [0.717, 1.165) is 5.56 Å². The van der Waals surface area contributed by atoms with Gasteiger partial charge in [0.05, 0.1) is 20.4 Å². The SMILES string of the molecule is COc1cccc(/C=N\n2c(-c3ccc(F)cc3)n[nH]c2=S)c1OC. The Labute approximate surface area is 148 Å². The molecule has 8 heteroatoms. The van der Waals surface area contributed by atoms with E-state index in [9.17, 15) is 4.39 Å². The van der Waals surface area contributed by atoms with Crippen LogP contribution in [0.25, 0.3) is 11.4 Å². The summed E-state index contributed by atoms with van der Waals surface area (Å²) in [6, 6.07) is 11.4. The molecule has 0 aliphatic heterocycles. The van der Waals surface area contributed by atoms with Crippen LogP contribution in [0.5, 0.6) is 11.5 Å². The molecular formula is C17H15FN4O2S. The lowest BCUT2D eigenvalue weighted by atomic mass is 10.2. The molecular weight excluding hydrogens is 343 g/mol. The van der Waals surface area contributed by atoms with E-state index in [0.29, 0.717) is 27.7 Å². The van der Waals surface area contributed by atoms with Crippen molar-refractivity contribution in [3.63, 3.8) is 0 Å². The Kier molecular flexibility index (Phi) is 4.90. The summed E-state index contributed by atoms with van der Waals surface area (Å²) in [5, 5.41) is 11.2. The van der Waals surface area contributed by atoms with Crippen LogP contribution in [-0.4, -0.2) is 35.3 Å². The molecule has 6 nitrogen and oxygen atoms in total. The van der Waals surface area contributed by atoms with Crippen LogP contribution in [0.15, 0.2) is 47.6 Å². The first-order valence-corrected chi connectivity index (χ1v) is 7.73. The van der Waals surface area contributed by atoms with E-state index >= 15 is 0 Å². The van der Waals surface area contributed by atoms with Gasteiger partial charge < -0.3 is 9.47 Å². The monoisotopic (exact) mass is 358 g/mol. The molecule has 1 aromatic heterocycles. The maximum absolute atomic E-state index is 13.1. The second-order valence-corrected chi connectivity index (χ2v) is 5.39. The fourth-order valence-electron chi connectivity index (χ4n) is 2.32. The van der Waals surface area contributed by atoms with Crippen molar-refractivity contribution in [3.8, 4) is 22.9 Å². The molecule has 25 heavy (non-hydrogen) atoms. The summed E-state index contributed by atoms with van der Waals surface area (Å²) in [5.74, 6) is 1.31. The standard InChI is InChI=1S/C17H15FN4O2S/c1-23-14-5-3-4-12(15(14)24-2)10-19-22-16(20-21-17(22)25)11-6-8-13(18)9-7-11/h3-10H,1-2H3,(H,21,25)/b19-10-. The number of benzene rings is 2. The lowest BCUT2D eigenvalue weighted by Gasteiger charge is -2.09. The van der Waals surface area contributed by atoms with E-state index < -0.39 is 0 Å². The Morgan fingerprint density at radius 3 is 2.60 bits per heavy atom. The molecule has 0 aliphatic carbocycles. The fourth-order valence-corrected chi connectivity index (χ4v) is 2.50. The second-order valence-electron chi connectivity index (χ2n) is 5.00. The third-order valence-electron chi connectivity index (χ3n) is 3.50. The number of halogens is 1. The van der Waals surface area contributed by atoms with E-state index in [1.165, 1.54) is 16.8 Å². The Bertz CT molecular complexity index is 964. The Balaban J connectivity index is 2.02. The summed E-state index contributed by atoms with van der Waals surface area (Å²) in [5.41, 5.74) is 1.40. The number of nitrogens with one attached hydrogen (secondary N) is 1. The Hall–Kier alpha value is -3.00. The highest BCUT2D eigenvalue weighted by Gasteiger charge is 2.10. The second kappa shape index (κ2) is 7.27. The molecule has 1 heterocycles. The first-order chi connectivity index (χ1) is 12.1. The highest BCUT2D eigenvalue weighted by atomic mass is 32.1. The average Bonchev–Trinajstić information content (AvgIpc) is 3.00. The molecule has 0 saturated carbocycles. The quantitative estimate of drug-likeness (QED) is 0.559. The van der Waals surface area contributed by atoms with Gasteiger partial charge in [-0.3, -0.25) is 0 Å². The molecule has 0 aliphatic rings. The molecule has 0 amide bonds. The molecule has 0 unspecified atom stereocenters. The molecule has 3 rings (SSSR count). The average molecular weight is 358 g/mol. The van der Waals surface area contributed by atoms with E-state index in [1.807, 2.05) is 12.1 Å². The number of para-hydroxylation sites is 1. The van der Waals surface area contributed by atoms with E-state index in [-0.39, 0.29) is 5.82 Å². The molecule has 0 atom stereocenters. The minimum atomic E-state index is -0.325. The number of H-pyrrole nitrogens is 1. The van der Waals surface area contributed by atoms with E-state index in [1.54, 1.807) is 38.6 Å². The van der Waals surface area contributed by atoms with Crippen molar-refractivity contribution in [1.82, 2.24) is 14.9 Å². The molecule has 0 spiro atoms. The van der Waals surface area contributed by atoms with Crippen molar-refractivity contribution in [3.05, 3.63) is 58.6 Å². The lowest BCUT2D eigenvalue weighted by molar-refractivity contribution is 0.354. The third-order valence-corrected chi connectivity index (χ3v) is 3.76. The predicted octanol–water partition coefficient (Wildman–Crippen LogP) is 3.65. The van der Waals surface area contributed by atoms with Gasteiger partial charge in [-0.2, -0.15) is 14.9 Å². The largest absolute Gasteiger partial charge is 0.493 e. The molecule has 0 fully saturated rings. The summed E-state index contributed by atoms with van der Waals surface area (Å²) >= 11 is 5.23. The number of methoxy groups -OCH3 is 2. The molecule has 0 radical (unpaired) electrons. The Morgan fingerprint density at radius 1 is 1.16 bits per heavy atom. The third kappa shape index (κ3) is 3.43. The summed E-state index contributed by atoms with van der Waals surface area (Å²) in [7, 11) is 3.13. The fraction of sp³-hybridized carbons (Fsp3) is 0.118. The minimum Gasteiger partial charge on any atom is -0.493 e. The zero-order valence-electron chi connectivity index (χ0n) is 13.6. The van der Waals surface area contributed by atoms with Gasteiger partial charge in [0, 0.05) is 11.1 Å². The zero-order chi connectivity index (χ0) is 17.8. The van der Waals surface area contributed by atoms with Crippen molar-refractivity contribution >= 4 is 18.4 Å². The van der Waals surface area contributed by atoms with Crippen molar-refractivity contribution in [2.45, 2.75) is 0 Å². The Morgan fingerprint density at radius 2 is 1.92 bits per heavy atom. The summed E-state index contributed by atoms with van der Waals surface area (Å²) < 4.78 is 25.6. The number of aromatic nitrogens is 3. The predicted molar refractivity (Wildman–Crippen MR) is 95.3 cm³/mol. The normalized spacial score (nSPS) is 11.0. The maximum atomic E-state index is 13.1. The number of hydrogen-bond acceptors (Lipinski definition) is 5. The molecule has 2 aromatic carbocycles. The summed E-state index contributed by atoms with van der Waals surface area (Å²) in [6.07, 6.45) is 1.60. The van der Waals surface area contributed by atoms with Gasteiger partial charge in [0.15, 0.2) is 17.3 Å². The molecule has 0 saturated heterocycles. The van der Waals surface area contributed by atoms with Crippen LogP contribution in [-0.2, 0) is 0 Å². The molecule has 1 N–H and O–H groups in total. The minimum absolute atomic E-state index is 0.317. The maximum Gasteiger partial charge on any atom is 0.216 e. The van der Waals surface area contributed by atoms with Gasteiger partial charge in [-0.05, 0) is 48.6 Å². The van der Waals surface area contributed by atoms with Crippen LogP contribution in [0.4, 0.5) is 4.39 Å². The summed E-state index contributed by atoms with van der Waals surface area (Å²) in [6.45, 7) is 0. The van der Waals surface area contributed by atoms with Crippen LogP contribution in [0, 0.1) is 10.6 Å². The smallest absolute Gasteiger partial charge is 0.216 e. The van der Waals surface area contributed by atoms with Gasteiger partial charge in [0.25, 0.3) is 0 Å². The number of rotatable bonds is 5. The zero-order valence-corrected chi connectivity index (χ0v) is 14.4. The van der Waals surface area contributed by atoms with Crippen LogP contribution in [0.3, 0.4) is 0 Å². The van der Waals surface area contributed by atoms with Crippen molar-refractivity contribution in [2.75, 3.05) is 14.2 Å². The topological polar surface area (TPSA) is 64.4 Å². The molecule has 0 bridgehead atoms. The first-order valence-electron chi connectivity index (χ1n) is 7.32. The van der Waals surface area contributed by atoms with Crippen LogP contribution in [0.2, 0.25) is 0 Å². The van der Waals surface area contributed by atoms with Gasteiger partial charge >= 0.3 is 0 Å². The van der Waals surface area contributed by atoms with E-state index in [2.05, 4.69) is 15.3 Å². The van der Waals surface area contributed by atoms with Crippen molar-refractivity contribution in [2.24, 2.45) is 5.10 Å². The van der Waals surface area contributed by atoms with Gasteiger partial charge in [-0.25, -0.2) is 9.49 Å². The highest BCUT2D eigenvalue weighted by Crippen LogP contribution is 2.29. The van der Waals surface area contributed by atoms with Gasteiger partial charge in [-0.1, -0.05) is 6.07 Å². The summed E-state index contributed by atoms with van der Waals surface area (Å²) in [4.78, 5) is 0. The lowest BCUT2D eigenvalue weighted by Crippen LogP contribution is -1.98. The van der Waals surface area contributed by atoms with Crippen LogP contribution >= 0.6 is 12.2 Å². The number of nitrogens with zero attached hydrogens (tertiary/aromatic N) is 3. The highest BCUT2D eigenvalue weighted by molar-refractivity contribution is 7.71. The number of hydrogen-bond donors (Lipinski definition) is 1. The van der Waals surface area contributed by atoms with Gasteiger partial charge in [0.2, 0.25) is 4.77 Å². The number of ether oxygens (including phenoxy) is 2. The first kappa shape index (κ1) is 16.8. The molecule has 3 aromatic rings. The van der Waals surface area contributed by atoms with Gasteiger partial charge in [-0.15, -0.1) is 0 Å². The number of aromatic amines is 1.